The first-order valence-corrected chi connectivity index (χ1v) is 9.02. The molecule has 3 aliphatic rings. The Hall–Kier alpha value is -2.02. The molecule has 7 heteroatoms. The van der Waals surface area contributed by atoms with Gasteiger partial charge in [-0.25, -0.2) is 9.97 Å². The minimum atomic E-state index is 0.0122. The van der Waals surface area contributed by atoms with Gasteiger partial charge in [-0.3, -0.25) is 14.5 Å². The van der Waals surface area contributed by atoms with Crippen molar-refractivity contribution in [3.05, 3.63) is 23.8 Å². The topological polar surface area (TPSA) is 69.6 Å². The SMILES string of the molecule is CCc1ncc(C(=O)N2C[C@H]3CC[C@@H]2CN(CC(=O)N(C)C)C3)cn1. The molecule has 7 nitrogen and oxygen atoms in total. The first kappa shape index (κ1) is 17.8. The summed E-state index contributed by atoms with van der Waals surface area (Å²) in [5, 5.41) is 0. The second kappa shape index (κ2) is 7.47. The van der Waals surface area contributed by atoms with Crippen LogP contribution in [0.1, 0.15) is 35.9 Å². The van der Waals surface area contributed by atoms with E-state index in [1.165, 1.54) is 0 Å². The van der Waals surface area contributed by atoms with Crippen LogP contribution >= 0.6 is 0 Å². The van der Waals surface area contributed by atoms with Crippen LogP contribution in [0.15, 0.2) is 12.4 Å². The van der Waals surface area contributed by atoms with Crippen LogP contribution in [0.5, 0.6) is 0 Å². The van der Waals surface area contributed by atoms with Gasteiger partial charge < -0.3 is 9.80 Å². The number of hydrogen-bond donors (Lipinski definition) is 0. The standard InChI is InChI=1S/C18H27N5O2/c1-4-16-19-7-14(8-20-16)18(25)23-10-13-5-6-15(23)11-22(9-13)12-17(24)21(2)3/h7-8,13,15H,4-6,9-12H2,1-3H3/t13-,15+/m0/s1. The Labute approximate surface area is 149 Å². The zero-order valence-electron chi connectivity index (χ0n) is 15.3. The van der Waals surface area contributed by atoms with Crippen LogP contribution in [0.2, 0.25) is 0 Å². The summed E-state index contributed by atoms with van der Waals surface area (Å²) in [5.74, 6) is 1.30. The molecule has 3 aliphatic heterocycles. The largest absolute Gasteiger partial charge is 0.348 e. The van der Waals surface area contributed by atoms with Crippen LogP contribution in [-0.4, -0.2) is 82.8 Å². The highest BCUT2D eigenvalue weighted by Crippen LogP contribution is 2.29. The summed E-state index contributed by atoms with van der Waals surface area (Å²) in [7, 11) is 3.56. The fourth-order valence-electron chi connectivity index (χ4n) is 3.70. The molecular formula is C18H27N5O2. The van der Waals surface area contributed by atoms with Crippen molar-refractivity contribution in [3.8, 4) is 0 Å². The summed E-state index contributed by atoms with van der Waals surface area (Å²) in [6, 6.07) is 0.159. The molecule has 0 spiro atoms. The lowest BCUT2D eigenvalue weighted by atomic mass is 9.94. The Kier molecular flexibility index (Phi) is 5.32. The van der Waals surface area contributed by atoms with Gasteiger partial charge in [-0.2, -0.15) is 0 Å². The van der Waals surface area contributed by atoms with E-state index < -0.39 is 0 Å². The van der Waals surface area contributed by atoms with Gasteiger partial charge in [-0.05, 0) is 18.8 Å². The quantitative estimate of drug-likeness (QED) is 0.802. The summed E-state index contributed by atoms with van der Waals surface area (Å²) in [5.41, 5.74) is 0.556. The fourth-order valence-corrected chi connectivity index (χ4v) is 3.70. The molecule has 3 saturated heterocycles. The van der Waals surface area contributed by atoms with Crippen molar-refractivity contribution < 1.29 is 9.59 Å². The van der Waals surface area contributed by atoms with Gasteiger partial charge in [0.05, 0.1) is 12.1 Å². The number of rotatable bonds is 4. The third-order valence-electron chi connectivity index (χ3n) is 5.18. The minimum absolute atomic E-state index is 0.0122. The molecule has 25 heavy (non-hydrogen) atoms. The van der Waals surface area contributed by atoms with Crippen molar-refractivity contribution in [2.75, 3.05) is 40.3 Å². The van der Waals surface area contributed by atoms with Crippen LogP contribution in [0, 0.1) is 5.92 Å². The molecule has 4 heterocycles. The molecule has 0 aliphatic carbocycles. The van der Waals surface area contributed by atoms with Gasteiger partial charge >= 0.3 is 0 Å². The third kappa shape index (κ3) is 3.98. The van der Waals surface area contributed by atoms with Crippen molar-refractivity contribution >= 4 is 11.8 Å². The number of aromatic nitrogens is 2. The highest BCUT2D eigenvalue weighted by Gasteiger charge is 2.38. The average Bonchev–Trinajstić information content (AvgIpc) is 2.91. The number of amides is 2. The van der Waals surface area contributed by atoms with Crippen LogP contribution in [-0.2, 0) is 11.2 Å². The lowest BCUT2D eigenvalue weighted by molar-refractivity contribution is -0.129. The summed E-state index contributed by atoms with van der Waals surface area (Å²) in [4.78, 5) is 39.3. The fraction of sp³-hybridized carbons (Fsp3) is 0.667. The van der Waals surface area contributed by atoms with Crippen molar-refractivity contribution in [3.63, 3.8) is 0 Å². The van der Waals surface area contributed by atoms with Gasteiger partial charge in [0.2, 0.25) is 5.91 Å². The minimum Gasteiger partial charge on any atom is -0.348 e. The van der Waals surface area contributed by atoms with E-state index in [1.54, 1.807) is 31.4 Å². The molecular weight excluding hydrogens is 318 g/mol. The van der Waals surface area contributed by atoms with Gasteiger partial charge in [-0.1, -0.05) is 6.92 Å². The molecule has 0 aromatic carbocycles. The number of likely N-dealkylation sites (N-methyl/N-ethyl adjacent to an activating group) is 1. The molecule has 0 radical (unpaired) electrons. The van der Waals surface area contributed by atoms with Crippen LogP contribution < -0.4 is 0 Å². The van der Waals surface area contributed by atoms with E-state index in [2.05, 4.69) is 14.9 Å². The molecule has 1 aromatic heterocycles. The molecule has 0 unspecified atom stereocenters. The van der Waals surface area contributed by atoms with Crippen molar-refractivity contribution in [2.24, 2.45) is 5.92 Å². The monoisotopic (exact) mass is 345 g/mol. The predicted octanol–water partition coefficient (Wildman–Crippen LogP) is 0.664. The zero-order valence-corrected chi connectivity index (χ0v) is 15.3. The van der Waals surface area contributed by atoms with Gasteiger partial charge in [0.15, 0.2) is 0 Å². The molecule has 2 atom stereocenters. The number of piperidine rings is 1. The summed E-state index contributed by atoms with van der Waals surface area (Å²) in [6.45, 7) is 4.82. The summed E-state index contributed by atoms with van der Waals surface area (Å²) >= 11 is 0. The Balaban J connectivity index is 1.71. The van der Waals surface area contributed by atoms with Crippen molar-refractivity contribution in [1.29, 1.82) is 0 Å². The number of fused-ring (bicyclic) bond motifs is 4. The van der Waals surface area contributed by atoms with Gasteiger partial charge in [0.1, 0.15) is 5.82 Å². The summed E-state index contributed by atoms with van der Waals surface area (Å²) < 4.78 is 0. The Morgan fingerprint density at radius 2 is 1.88 bits per heavy atom. The van der Waals surface area contributed by atoms with E-state index in [-0.39, 0.29) is 17.9 Å². The highest BCUT2D eigenvalue weighted by atomic mass is 16.2. The number of carbonyl (C=O) groups is 2. The molecule has 2 bridgehead atoms. The van der Waals surface area contributed by atoms with E-state index in [0.29, 0.717) is 18.0 Å². The number of carbonyl (C=O) groups excluding carboxylic acids is 2. The van der Waals surface area contributed by atoms with Crippen LogP contribution in [0.4, 0.5) is 0 Å². The number of hydrogen-bond acceptors (Lipinski definition) is 5. The first-order chi connectivity index (χ1) is 12.0. The second-order valence-electron chi connectivity index (χ2n) is 7.28. The van der Waals surface area contributed by atoms with Crippen LogP contribution in [0.3, 0.4) is 0 Å². The molecule has 4 rings (SSSR count). The molecule has 136 valence electrons. The molecule has 3 fully saturated rings. The Morgan fingerprint density at radius 1 is 1.16 bits per heavy atom. The van der Waals surface area contributed by atoms with E-state index in [4.69, 9.17) is 0 Å². The van der Waals surface area contributed by atoms with Crippen molar-refractivity contribution in [2.45, 2.75) is 32.2 Å². The maximum atomic E-state index is 12.9. The van der Waals surface area contributed by atoms with Gasteiger partial charge in [0.25, 0.3) is 5.91 Å². The molecule has 2 amide bonds. The lowest BCUT2D eigenvalue weighted by Crippen LogP contribution is -2.47. The van der Waals surface area contributed by atoms with Gasteiger partial charge in [-0.15, -0.1) is 0 Å². The predicted molar refractivity (Wildman–Crippen MR) is 94.1 cm³/mol. The number of nitrogens with zero attached hydrogens (tertiary/aromatic N) is 5. The number of aryl methyl sites for hydroxylation is 1. The van der Waals surface area contributed by atoms with E-state index in [1.807, 2.05) is 11.8 Å². The maximum absolute atomic E-state index is 12.9. The van der Waals surface area contributed by atoms with Crippen LogP contribution in [0.25, 0.3) is 0 Å². The van der Waals surface area contributed by atoms with E-state index >= 15 is 0 Å². The normalized spacial score (nSPS) is 23.4. The van der Waals surface area contributed by atoms with Gasteiger partial charge in [0, 0.05) is 58.6 Å². The molecule has 0 N–H and O–H groups in total. The third-order valence-corrected chi connectivity index (χ3v) is 5.18. The average molecular weight is 345 g/mol. The van der Waals surface area contributed by atoms with E-state index in [9.17, 15) is 9.59 Å². The maximum Gasteiger partial charge on any atom is 0.257 e. The Bertz CT molecular complexity index is 631. The lowest BCUT2D eigenvalue weighted by Gasteiger charge is -2.36. The highest BCUT2D eigenvalue weighted by molar-refractivity contribution is 5.94. The molecule has 0 saturated carbocycles. The van der Waals surface area contributed by atoms with Crippen molar-refractivity contribution in [1.82, 2.24) is 24.7 Å². The smallest absolute Gasteiger partial charge is 0.257 e. The Morgan fingerprint density at radius 3 is 2.52 bits per heavy atom. The first-order valence-electron chi connectivity index (χ1n) is 9.02. The molecule has 1 aromatic rings. The summed E-state index contributed by atoms with van der Waals surface area (Å²) in [6.07, 6.45) is 6.15. The van der Waals surface area contributed by atoms with E-state index in [0.717, 1.165) is 44.7 Å². The zero-order chi connectivity index (χ0) is 18.0. The second-order valence-corrected chi connectivity index (χ2v) is 7.28.